The minimum Gasteiger partial charge on any atom is -0.477 e. The van der Waals surface area contributed by atoms with E-state index in [2.05, 4.69) is 5.32 Å². The summed E-state index contributed by atoms with van der Waals surface area (Å²) in [5, 5.41) is 11.4. The summed E-state index contributed by atoms with van der Waals surface area (Å²) in [6.07, 6.45) is 1.74. The van der Waals surface area contributed by atoms with Crippen LogP contribution in [-0.4, -0.2) is 53.0 Å². The second-order valence-corrected chi connectivity index (χ2v) is 4.21. The van der Waals surface area contributed by atoms with Crippen LogP contribution in [0.5, 0.6) is 0 Å². The Morgan fingerprint density at radius 2 is 2.05 bits per heavy atom. The highest BCUT2D eigenvalue weighted by Gasteiger charge is 2.11. The number of carbonyl (C=O) groups is 3. The van der Waals surface area contributed by atoms with E-state index in [0.29, 0.717) is 0 Å². The number of carboxylic acid groups (broad SMARTS) is 1. The van der Waals surface area contributed by atoms with E-state index in [1.54, 1.807) is 20.2 Å². The van der Waals surface area contributed by atoms with Crippen molar-refractivity contribution in [2.24, 2.45) is 0 Å². The molecule has 7 heteroatoms. The van der Waals surface area contributed by atoms with Gasteiger partial charge in [0.05, 0.1) is 0 Å². The van der Waals surface area contributed by atoms with Gasteiger partial charge in [-0.15, -0.1) is 0 Å². The number of carboxylic acids is 1. The Morgan fingerprint density at radius 1 is 1.37 bits per heavy atom. The highest BCUT2D eigenvalue weighted by Crippen LogP contribution is 2.01. The largest absolute Gasteiger partial charge is 0.477 e. The Morgan fingerprint density at radius 3 is 2.63 bits per heavy atom. The lowest BCUT2D eigenvalue weighted by atomic mass is 10.3. The van der Waals surface area contributed by atoms with Gasteiger partial charge in [-0.2, -0.15) is 0 Å². The summed E-state index contributed by atoms with van der Waals surface area (Å²) in [5.41, 5.74) is 0.0551. The molecule has 0 spiro atoms. The lowest BCUT2D eigenvalue weighted by Gasteiger charge is -2.11. The first-order chi connectivity index (χ1) is 8.91. The number of aromatic carboxylic acids is 1. The average molecular weight is 267 g/mol. The van der Waals surface area contributed by atoms with Gasteiger partial charge < -0.3 is 19.9 Å². The molecule has 0 saturated carbocycles. The first-order valence-corrected chi connectivity index (χ1v) is 5.77. The van der Waals surface area contributed by atoms with Crippen LogP contribution in [0.25, 0.3) is 0 Å². The second kappa shape index (κ2) is 6.58. The van der Waals surface area contributed by atoms with Crippen molar-refractivity contribution in [3.8, 4) is 0 Å². The van der Waals surface area contributed by atoms with Gasteiger partial charge in [0.2, 0.25) is 11.8 Å². The van der Waals surface area contributed by atoms with E-state index in [1.165, 1.54) is 21.7 Å². The van der Waals surface area contributed by atoms with Gasteiger partial charge >= 0.3 is 5.97 Å². The number of rotatable bonds is 6. The number of amides is 2. The molecule has 0 saturated heterocycles. The van der Waals surface area contributed by atoms with E-state index in [-0.39, 0.29) is 37.0 Å². The number of nitrogens with zero attached hydrogens (tertiary/aromatic N) is 2. The maximum Gasteiger partial charge on any atom is 0.352 e. The average Bonchev–Trinajstić information content (AvgIpc) is 2.76. The van der Waals surface area contributed by atoms with E-state index >= 15 is 0 Å². The fraction of sp³-hybridized carbons (Fsp3) is 0.417. The van der Waals surface area contributed by atoms with Crippen molar-refractivity contribution in [3.63, 3.8) is 0 Å². The number of carbonyl (C=O) groups excluding carboxylic acids is 2. The van der Waals surface area contributed by atoms with Gasteiger partial charge in [-0.3, -0.25) is 9.59 Å². The van der Waals surface area contributed by atoms with Crippen molar-refractivity contribution in [1.29, 1.82) is 0 Å². The quantitative estimate of drug-likeness (QED) is 0.745. The number of hydrogen-bond donors (Lipinski definition) is 2. The van der Waals surface area contributed by atoms with E-state index in [4.69, 9.17) is 5.11 Å². The number of nitrogens with one attached hydrogen (secondary N) is 1. The van der Waals surface area contributed by atoms with E-state index in [0.717, 1.165) is 0 Å². The third-order valence-electron chi connectivity index (χ3n) is 2.52. The van der Waals surface area contributed by atoms with Crippen LogP contribution in [0.4, 0.5) is 0 Å². The topological polar surface area (TPSA) is 91.6 Å². The van der Waals surface area contributed by atoms with Crippen LogP contribution in [0.1, 0.15) is 16.9 Å². The molecule has 1 rings (SSSR count). The van der Waals surface area contributed by atoms with Gasteiger partial charge in [-0.25, -0.2) is 4.79 Å². The zero-order chi connectivity index (χ0) is 14.4. The maximum absolute atomic E-state index is 11.6. The molecule has 104 valence electrons. The Balaban J connectivity index is 2.41. The molecule has 0 aliphatic carbocycles. The molecule has 2 N–H and O–H groups in total. The van der Waals surface area contributed by atoms with Gasteiger partial charge in [-0.05, 0) is 12.1 Å². The van der Waals surface area contributed by atoms with Gasteiger partial charge in [-0.1, -0.05) is 0 Å². The van der Waals surface area contributed by atoms with E-state index in [9.17, 15) is 14.4 Å². The van der Waals surface area contributed by atoms with Gasteiger partial charge in [0, 0.05) is 33.3 Å². The Hall–Kier alpha value is -2.31. The number of hydrogen-bond acceptors (Lipinski definition) is 3. The summed E-state index contributed by atoms with van der Waals surface area (Å²) in [4.78, 5) is 35.1. The van der Waals surface area contributed by atoms with Crippen LogP contribution >= 0.6 is 0 Å². The molecule has 1 heterocycles. The molecule has 0 fully saturated rings. The van der Waals surface area contributed by atoms with Crippen molar-refractivity contribution < 1.29 is 19.5 Å². The molecule has 0 radical (unpaired) electrons. The highest BCUT2D eigenvalue weighted by molar-refractivity contribution is 5.87. The number of aromatic nitrogens is 1. The van der Waals surface area contributed by atoms with Crippen molar-refractivity contribution in [2.45, 2.75) is 13.0 Å². The molecule has 1 aromatic heterocycles. The zero-order valence-electron chi connectivity index (χ0n) is 10.9. The molecule has 0 bridgehead atoms. The van der Waals surface area contributed by atoms with Crippen molar-refractivity contribution in [1.82, 2.24) is 14.8 Å². The Bertz CT molecular complexity index is 479. The van der Waals surface area contributed by atoms with Crippen LogP contribution in [0, 0.1) is 0 Å². The third kappa shape index (κ3) is 4.46. The van der Waals surface area contributed by atoms with Crippen molar-refractivity contribution >= 4 is 17.8 Å². The van der Waals surface area contributed by atoms with Gasteiger partial charge in [0.25, 0.3) is 0 Å². The van der Waals surface area contributed by atoms with Gasteiger partial charge in [0.1, 0.15) is 12.2 Å². The van der Waals surface area contributed by atoms with Crippen molar-refractivity contribution in [2.75, 3.05) is 20.6 Å². The normalized spacial score (nSPS) is 10.0. The van der Waals surface area contributed by atoms with E-state index < -0.39 is 5.97 Å². The molecular formula is C12H17N3O4. The predicted molar refractivity (Wildman–Crippen MR) is 67.7 cm³/mol. The first-order valence-electron chi connectivity index (χ1n) is 5.77. The molecule has 2 amide bonds. The fourth-order valence-corrected chi connectivity index (χ4v) is 1.49. The predicted octanol–water partition coefficient (Wildman–Crippen LogP) is -0.219. The monoisotopic (exact) mass is 267 g/mol. The molecule has 1 aromatic rings. The molecule has 0 aromatic carbocycles. The summed E-state index contributed by atoms with van der Waals surface area (Å²) < 4.78 is 1.34. The standard InChI is InChI=1S/C12H17N3O4/c1-14(2)11(17)5-6-13-10(16)8-15-7-3-4-9(15)12(18)19/h3-4,7H,5-6,8H2,1-2H3,(H,13,16)(H,18,19). The summed E-state index contributed by atoms with van der Waals surface area (Å²) >= 11 is 0. The highest BCUT2D eigenvalue weighted by atomic mass is 16.4. The smallest absolute Gasteiger partial charge is 0.352 e. The Labute approximate surface area is 110 Å². The van der Waals surface area contributed by atoms with Crippen LogP contribution in [0.2, 0.25) is 0 Å². The Kier molecular flexibility index (Phi) is 5.11. The van der Waals surface area contributed by atoms with Crippen LogP contribution in [-0.2, 0) is 16.1 Å². The summed E-state index contributed by atoms with van der Waals surface area (Å²) in [7, 11) is 3.28. The zero-order valence-corrected chi connectivity index (χ0v) is 10.9. The molecule has 0 aliphatic heterocycles. The molecule has 19 heavy (non-hydrogen) atoms. The summed E-state index contributed by atoms with van der Waals surface area (Å²) in [6.45, 7) is 0.157. The van der Waals surface area contributed by atoms with Crippen LogP contribution in [0.3, 0.4) is 0 Å². The third-order valence-corrected chi connectivity index (χ3v) is 2.52. The molecule has 0 aliphatic rings. The second-order valence-electron chi connectivity index (χ2n) is 4.21. The fourth-order valence-electron chi connectivity index (χ4n) is 1.49. The molecule has 0 unspecified atom stereocenters. The van der Waals surface area contributed by atoms with Crippen LogP contribution in [0.15, 0.2) is 18.3 Å². The minimum absolute atomic E-state index is 0.0551. The molecular weight excluding hydrogens is 250 g/mol. The summed E-state index contributed by atoms with van der Waals surface area (Å²) in [6, 6.07) is 2.98. The maximum atomic E-state index is 11.6. The first kappa shape index (κ1) is 14.7. The van der Waals surface area contributed by atoms with E-state index in [1.807, 2.05) is 0 Å². The lowest BCUT2D eigenvalue weighted by molar-refractivity contribution is -0.128. The van der Waals surface area contributed by atoms with Crippen LogP contribution < -0.4 is 5.32 Å². The summed E-state index contributed by atoms with van der Waals surface area (Å²) in [5.74, 6) is -1.49. The lowest BCUT2D eigenvalue weighted by Crippen LogP contribution is -2.32. The minimum atomic E-state index is -1.08. The van der Waals surface area contributed by atoms with Crippen molar-refractivity contribution in [3.05, 3.63) is 24.0 Å². The molecule has 7 nitrogen and oxygen atoms in total. The molecule has 0 atom stereocenters. The SMILES string of the molecule is CN(C)C(=O)CCNC(=O)Cn1cccc1C(=O)O. The van der Waals surface area contributed by atoms with Gasteiger partial charge in [0.15, 0.2) is 0 Å².